The highest BCUT2D eigenvalue weighted by Gasteiger charge is 2.14. The summed E-state index contributed by atoms with van der Waals surface area (Å²) in [5.41, 5.74) is 5.16. The van der Waals surface area contributed by atoms with Crippen LogP contribution in [0.1, 0.15) is 34.1 Å². The maximum absolute atomic E-state index is 10.4. The molecule has 0 aliphatic heterocycles. The lowest BCUT2D eigenvalue weighted by Gasteiger charge is -2.07. The molecule has 1 atom stereocenters. The second kappa shape index (κ2) is 8.69. The maximum atomic E-state index is 10.4. The van der Waals surface area contributed by atoms with E-state index < -0.39 is 23.8 Å². The predicted molar refractivity (Wildman–Crippen MR) is 62.5 cm³/mol. The van der Waals surface area contributed by atoms with E-state index in [1.807, 2.05) is 0 Å². The molecule has 0 saturated carbocycles. The van der Waals surface area contributed by atoms with Crippen LogP contribution in [0.25, 0.3) is 0 Å². The van der Waals surface area contributed by atoms with Gasteiger partial charge >= 0.3 is 11.9 Å². The Morgan fingerprint density at radius 3 is 1.53 bits per heavy atom. The van der Waals surface area contributed by atoms with Crippen molar-refractivity contribution in [1.29, 1.82) is 0 Å². The molecular weight excluding hydrogens is 226 g/mol. The monoisotopic (exact) mass is 247 g/mol. The van der Waals surface area contributed by atoms with Gasteiger partial charge in [-0.15, -0.1) is 0 Å². The molecule has 0 heterocycles. The van der Waals surface area contributed by atoms with E-state index in [0.717, 1.165) is 0 Å². The molecular formula is C11H21NO5. The summed E-state index contributed by atoms with van der Waals surface area (Å²) in [7, 11) is 0. The van der Waals surface area contributed by atoms with E-state index in [-0.39, 0.29) is 18.3 Å². The number of hydrogen-bond donors (Lipinski definition) is 3. The minimum absolute atomic E-state index is 0.0208. The van der Waals surface area contributed by atoms with Gasteiger partial charge < -0.3 is 15.9 Å². The number of carboxylic acid groups (broad SMARTS) is 2. The van der Waals surface area contributed by atoms with Crippen LogP contribution in [0.5, 0.6) is 0 Å². The Morgan fingerprint density at radius 1 is 1.06 bits per heavy atom. The zero-order valence-corrected chi connectivity index (χ0v) is 10.6. The third kappa shape index (κ3) is 10.8. The Morgan fingerprint density at radius 2 is 1.47 bits per heavy atom. The van der Waals surface area contributed by atoms with Gasteiger partial charge in [-0.05, 0) is 11.8 Å². The number of Topliss-reactive ketones (excluding diaryl/α,β-unsaturated/α-hetero) is 1. The summed E-state index contributed by atoms with van der Waals surface area (Å²) in [5, 5.41) is 16.3. The molecule has 0 rings (SSSR count). The molecule has 100 valence electrons. The van der Waals surface area contributed by atoms with Crippen LogP contribution < -0.4 is 5.73 Å². The Labute approximate surface area is 101 Å². The molecule has 0 aromatic rings. The van der Waals surface area contributed by atoms with Gasteiger partial charge in [0, 0.05) is 6.42 Å². The summed E-state index contributed by atoms with van der Waals surface area (Å²) in [4.78, 5) is 30.3. The standard InChI is InChI=1S/C6H10O3.C5H11NO2/c1-4(2)3-5(7)6(8)9;1-3(2)4(6)5(7)8/h4H,3H2,1-2H3,(H,8,9);3-4H,6H2,1-2H3,(H,7,8)/t;4-/m.0/s1. The summed E-state index contributed by atoms with van der Waals surface area (Å²) in [6, 6.07) is -0.713. The molecule has 0 aromatic heterocycles. The molecule has 0 aliphatic rings. The molecule has 6 heteroatoms. The summed E-state index contributed by atoms with van der Waals surface area (Å²) >= 11 is 0. The fourth-order valence-electron chi connectivity index (χ4n) is 0.743. The molecule has 17 heavy (non-hydrogen) atoms. The number of ketones is 1. The normalized spacial score (nSPS) is 11.7. The van der Waals surface area contributed by atoms with Gasteiger partial charge in [0.15, 0.2) is 0 Å². The first-order valence-electron chi connectivity index (χ1n) is 5.34. The van der Waals surface area contributed by atoms with Crippen LogP contribution in [0.4, 0.5) is 0 Å². The van der Waals surface area contributed by atoms with Crippen molar-refractivity contribution >= 4 is 17.7 Å². The van der Waals surface area contributed by atoms with Gasteiger partial charge in [0.05, 0.1) is 0 Å². The van der Waals surface area contributed by atoms with Crippen molar-refractivity contribution in [2.45, 2.75) is 40.2 Å². The molecule has 0 aliphatic carbocycles. The topological polar surface area (TPSA) is 118 Å². The fourth-order valence-corrected chi connectivity index (χ4v) is 0.743. The highest BCUT2D eigenvalue weighted by molar-refractivity contribution is 6.32. The van der Waals surface area contributed by atoms with Crippen LogP contribution in [0, 0.1) is 11.8 Å². The van der Waals surface area contributed by atoms with Crippen molar-refractivity contribution in [3.05, 3.63) is 0 Å². The Kier molecular flexibility index (Phi) is 9.18. The zero-order valence-electron chi connectivity index (χ0n) is 10.6. The predicted octanol–water partition coefficient (Wildman–Crippen LogP) is 0.741. The molecule has 0 saturated heterocycles. The summed E-state index contributed by atoms with van der Waals surface area (Å²) in [6.07, 6.45) is 0.134. The van der Waals surface area contributed by atoms with E-state index in [0.29, 0.717) is 0 Å². The van der Waals surface area contributed by atoms with Crippen molar-refractivity contribution in [2.24, 2.45) is 17.6 Å². The van der Waals surface area contributed by atoms with Crippen LogP contribution in [0.3, 0.4) is 0 Å². The molecule has 0 radical (unpaired) electrons. The van der Waals surface area contributed by atoms with Crippen molar-refractivity contribution in [3.63, 3.8) is 0 Å². The van der Waals surface area contributed by atoms with Crippen LogP contribution in [0.15, 0.2) is 0 Å². The second-order valence-electron chi connectivity index (χ2n) is 4.43. The van der Waals surface area contributed by atoms with Gasteiger partial charge in [0.2, 0.25) is 5.78 Å². The minimum atomic E-state index is -1.33. The quantitative estimate of drug-likeness (QED) is 0.617. The number of carbonyl (C=O) groups excluding carboxylic acids is 1. The second-order valence-corrected chi connectivity index (χ2v) is 4.43. The third-order valence-electron chi connectivity index (χ3n) is 1.84. The number of rotatable bonds is 5. The molecule has 4 N–H and O–H groups in total. The molecule has 0 bridgehead atoms. The third-order valence-corrected chi connectivity index (χ3v) is 1.84. The van der Waals surface area contributed by atoms with Crippen molar-refractivity contribution in [3.8, 4) is 0 Å². The van der Waals surface area contributed by atoms with E-state index in [9.17, 15) is 14.4 Å². The minimum Gasteiger partial charge on any atom is -0.480 e. The average molecular weight is 247 g/mol. The zero-order chi connectivity index (χ0) is 14.2. The number of nitrogens with two attached hydrogens (primary N) is 1. The lowest BCUT2D eigenvalue weighted by Crippen LogP contribution is -2.34. The lowest BCUT2D eigenvalue weighted by atomic mass is 10.1. The van der Waals surface area contributed by atoms with Crippen LogP contribution in [-0.4, -0.2) is 34.0 Å². The van der Waals surface area contributed by atoms with E-state index in [2.05, 4.69) is 0 Å². The van der Waals surface area contributed by atoms with E-state index in [1.54, 1.807) is 27.7 Å². The van der Waals surface area contributed by atoms with Crippen molar-refractivity contribution in [1.82, 2.24) is 0 Å². The van der Waals surface area contributed by atoms with E-state index in [1.165, 1.54) is 0 Å². The van der Waals surface area contributed by atoms with Crippen molar-refractivity contribution in [2.75, 3.05) is 0 Å². The number of aliphatic carboxylic acids is 2. The number of hydrogen-bond acceptors (Lipinski definition) is 4. The molecule has 0 unspecified atom stereocenters. The molecule has 0 aromatic carbocycles. The van der Waals surface area contributed by atoms with Crippen LogP contribution >= 0.6 is 0 Å². The van der Waals surface area contributed by atoms with Gasteiger partial charge in [-0.1, -0.05) is 27.7 Å². The van der Waals surface area contributed by atoms with Gasteiger partial charge in [-0.2, -0.15) is 0 Å². The highest BCUT2D eigenvalue weighted by Crippen LogP contribution is 1.99. The molecule has 0 fully saturated rings. The first-order valence-corrected chi connectivity index (χ1v) is 5.34. The number of carbonyl (C=O) groups is 3. The Hall–Kier alpha value is -1.43. The largest absolute Gasteiger partial charge is 0.480 e. The molecule has 0 amide bonds. The maximum Gasteiger partial charge on any atom is 0.372 e. The van der Waals surface area contributed by atoms with Gasteiger partial charge in [-0.25, -0.2) is 4.79 Å². The fraction of sp³-hybridized carbons (Fsp3) is 0.727. The highest BCUT2D eigenvalue weighted by atomic mass is 16.4. The average Bonchev–Trinajstić information content (AvgIpc) is 2.15. The van der Waals surface area contributed by atoms with Crippen molar-refractivity contribution < 1.29 is 24.6 Å². The van der Waals surface area contributed by atoms with Crippen LogP contribution in [0.2, 0.25) is 0 Å². The molecule has 6 nitrogen and oxygen atoms in total. The lowest BCUT2D eigenvalue weighted by molar-refractivity contribution is -0.149. The van der Waals surface area contributed by atoms with Gasteiger partial charge in [0.25, 0.3) is 0 Å². The van der Waals surface area contributed by atoms with Crippen LogP contribution in [-0.2, 0) is 14.4 Å². The smallest absolute Gasteiger partial charge is 0.372 e. The van der Waals surface area contributed by atoms with Gasteiger partial charge in [0.1, 0.15) is 6.04 Å². The summed E-state index contributed by atoms with van der Waals surface area (Å²) < 4.78 is 0. The van der Waals surface area contributed by atoms with Gasteiger partial charge in [-0.3, -0.25) is 9.59 Å². The van der Waals surface area contributed by atoms with E-state index >= 15 is 0 Å². The number of carboxylic acids is 2. The SMILES string of the molecule is CC(C)CC(=O)C(=O)O.CC(C)[C@H](N)C(=O)O. The van der Waals surface area contributed by atoms with E-state index in [4.69, 9.17) is 15.9 Å². The Bertz CT molecular complexity index is 273. The Balaban J connectivity index is 0. The molecule has 0 spiro atoms. The summed E-state index contributed by atoms with van der Waals surface area (Å²) in [5.74, 6) is -2.81. The first kappa shape index (κ1) is 17.9. The first-order chi connectivity index (χ1) is 7.59. The summed E-state index contributed by atoms with van der Waals surface area (Å²) in [6.45, 7) is 7.17.